The van der Waals surface area contributed by atoms with E-state index in [0.717, 1.165) is 0 Å². The van der Waals surface area contributed by atoms with E-state index >= 15 is 0 Å². The number of hydrogen-bond donors (Lipinski definition) is 0. The van der Waals surface area contributed by atoms with Gasteiger partial charge in [0.2, 0.25) is 0 Å². The molecular weight excluding hydrogens is 320 g/mol. The van der Waals surface area contributed by atoms with Crippen molar-refractivity contribution < 1.29 is 13.6 Å². The third-order valence-electron chi connectivity index (χ3n) is 4.55. The minimum absolute atomic E-state index is 0.0391. The second-order valence-electron chi connectivity index (χ2n) is 7.37. The Morgan fingerprint density at radius 1 is 1.17 bits per heavy atom. The van der Waals surface area contributed by atoms with Crippen molar-refractivity contribution in [2.75, 3.05) is 0 Å². The molecular formula is C19H24O4Si. The Bertz CT molecular complexity index is 770. The molecule has 5 heteroatoms. The summed E-state index contributed by atoms with van der Waals surface area (Å²) >= 11 is 0. The van der Waals surface area contributed by atoms with Crippen molar-refractivity contribution in [3.63, 3.8) is 0 Å². The Morgan fingerprint density at radius 2 is 1.79 bits per heavy atom. The van der Waals surface area contributed by atoms with E-state index in [4.69, 9.17) is 8.84 Å². The van der Waals surface area contributed by atoms with Gasteiger partial charge in [0.25, 0.3) is 0 Å². The number of ketones is 1. The molecule has 0 unspecified atom stereocenters. The van der Waals surface area contributed by atoms with E-state index < -0.39 is 8.32 Å². The maximum Gasteiger partial charge on any atom is 0.200 e. The molecule has 0 atom stereocenters. The molecule has 4 nitrogen and oxygen atoms in total. The summed E-state index contributed by atoms with van der Waals surface area (Å²) in [6.45, 7) is 11.0. The highest BCUT2D eigenvalue weighted by Gasteiger charge is 2.37. The van der Waals surface area contributed by atoms with Gasteiger partial charge in [-0.2, -0.15) is 0 Å². The number of hydrogen-bond acceptors (Lipinski definition) is 4. The Hall–Kier alpha value is -1.98. The summed E-state index contributed by atoms with van der Waals surface area (Å²) in [6.07, 6.45) is 1.24. The maximum absolute atomic E-state index is 12.3. The molecule has 0 radical (unpaired) electrons. The van der Waals surface area contributed by atoms with Crippen LogP contribution in [0.2, 0.25) is 18.1 Å². The smallest absolute Gasteiger partial charge is 0.200 e. The normalized spacial score (nSPS) is 12.2. The summed E-state index contributed by atoms with van der Waals surface area (Å²) in [4.78, 5) is 24.6. The second-order valence-corrected chi connectivity index (χ2v) is 12.2. The Kier molecular flexibility index (Phi) is 5.25. The van der Waals surface area contributed by atoms with Crippen LogP contribution in [0.4, 0.5) is 0 Å². The molecule has 2 aromatic rings. The van der Waals surface area contributed by atoms with Gasteiger partial charge in [0.05, 0.1) is 6.61 Å². The lowest BCUT2D eigenvalue weighted by molar-refractivity contribution is 0.103. The van der Waals surface area contributed by atoms with Gasteiger partial charge in [0.15, 0.2) is 19.5 Å². The van der Waals surface area contributed by atoms with E-state index in [1.807, 2.05) is 6.07 Å². The fourth-order valence-corrected chi connectivity index (χ4v) is 2.84. The van der Waals surface area contributed by atoms with E-state index in [1.165, 1.54) is 12.3 Å². The van der Waals surface area contributed by atoms with E-state index in [9.17, 15) is 9.59 Å². The molecule has 0 spiro atoms. The molecule has 128 valence electrons. The van der Waals surface area contributed by atoms with Crippen molar-refractivity contribution in [2.45, 2.75) is 45.5 Å². The molecule has 0 amide bonds. The Labute approximate surface area is 143 Å². The minimum Gasteiger partial charge on any atom is -0.466 e. The maximum atomic E-state index is 12.3. The van der Waals surface area contributed by atoms with E-state index in [-0.39, 0.29) is 28.4 Å². The second kappa shape index (κ2) is 6.87. The van der Waals surface area contributed by atoms with Gasteiger partial charge in [0.1, 0.15) is 17.6 Å². The largest absolute Gasteiger partial charge is 0.466 e. The SMILES string of the molecule is CC(C)(C)[Si](C)(C)OCc1cc(=O)c(C(=O)c2ccccc2)co1. The van der Waals surface area contributed by atoms with E-state index in [2.05, 4.69) is 33.9 Å². The van der Waals surface area contributed by atoms with Crippen LogP contribution in [0.5, 0.6) is 0 Å². The summed E-state index contributed by atoms with van der Waals surface area (Å²) in [5.74, 6) is 0.107. The zero-order valence-electron chi connectivity index (χ0n) is 14.9. The quantitative estimate of drug-likeness (QED) is 0.596. The van der Waals surface area contributed by atoms with Crippen LogP contribution >= 0.6 is 0 Å². The number of carbonyl (C=O) groups is 1. The van der Waals surface area contributed by atoms with Gasteiger partial charge in [0, 0.05) is 11.6 Å². The van der Waals surface area contributed by atoms with Crippen LogP contribution in [0, 0.1) is 0 Å². The number of benzene rings is 1. The summed E-state index contributed by atoms with van der Waals surface area (Å²) in [7, 11) is -1.92. The van der Waals surface area contributed by atoms with Crippen molar-refractivity contribution in [1.29, 1.82) is 0 Å². The van der Waals surface area contributed by atoms with Crippen LogP contribution in [-0.4, -0.2) is 14.1 Å². The molecule has 0 aliphatic carbocycles. The highest BCUT2D eigenvalue weighted by atomic mass is 28.4. The summed E-state index contributed by atoms with van der Waals surface area (Å²) in [6, 6.07) is 10.0. The predicted octanol–water partition coefficient (Wildman–Crippen LogP) is 4.39. The average molecular weight is 344 g/mol. The Balaban J connectivity index is 2.16. The minimum atomic E-state index is -1.92. The molecule has 1 aromatic carbocycles. The van der Waals surface area contributed by atoms with Gasteiger partial charge in [-0.15, -0.1) is 0 Å². The van der Waals surface area contributed by atoms with Gasteiger partial charge in [-0.05, 0) is 18.1 Å². The Morgan fingerprint density at radius 3 is 2.33 bits per heavy atom. The zero-order valence-corrected chi connectivity index (χ0v) is 15.9. The molecule has 0 saturated carbocycles. The monoisotopic (exact) mass is 344 g/mol. The molecule has 0 fully saturated rings. The first-order chi connectivity index (χ1) is 11.1. The van der Waals surface area contributed by atoms with Crippen molar-refractivity contribution in [3.8, 4) is 0 Å². The first-order valence-electron chi connectivity index (χ1n) is 7.97. The fraction of sp³-hybridized carbons (Fsp3) is 0.368. The van der Waals surface area contributed by atoms with Gasteiger partial charge < -0.3 is 8.84 Å². The first kappa shape index (κ1) is 18.4. The molecule has 0 bridgehead atoms. The van der Waals surface area contributed by atoms with E-state index in [0.29, 0.717) is 11.3 Å². The highest BCUT2D eigenvalue weighted by molar-refractivity contribution is 6.74. The third kappa shape index (κ3) is 4.10. The van der Waals surface area contributed by atoms with Crippen molar-refractivity contribution in [1.82, 2.24) is 0 Å². The van der Waals surface area contributed by atoms with Gasteiger partial charge in [-0.3, -0.25) is 9.59 Å². The van der Waals surface area contributed by atoms with Crippen molar-refractivity contribution in [3.05, 3.63) is 69.8 Å². The number of carbonyl (C=O) groups excluding carboxylic acids is 1. The summed E-state index contributed by atoms with van der Waals surface area (Å²) in [5.41, 5.74) is 0.163. The van der Waals surface area contributed by atoms with Crippen LogP contribution in [0.1, 0.15) is 42.5 Å². The van der Waals surface area contributed by atoms with Crippen LogP contribution in [0.15, 0.2) is 51.9 Å². The molecule has 0 saturated heterocycles. The molecule has 1 heterocycles. The van der Waals surface area contributed by atoms with Gasteiger partial charge in [-0.1, -0.05) is 51.1 Å². The number of rotatable bonds is 5. The predicted molar refractivity (Wildman–Crippen MR) is 96.8 cm³/mol. The standard InChI is InChI=1S/C19H24O4Si/c1-19(2,3)24(4,5)23-12-15-11-17(20)16(13-22-15)18(21)14-9-7-6-8-10-14/h6-11,13H,12H2,1-5H3. The molecule has 0 aliphatic heterocycles. The summed E-state index contributed by atoms with van der Waals surface area (Å²) in [5, 5.41) is 0.0799. The lowest BCUT2D eigenvalue weighted by atomic mass is 10.1. The van der Waals surface area contributed by atoms with Crippen LogP contribution in [0.25, 0.3) is 0 Å². The lowest BCUT2D eigenvalue weighted by Crippen LogP contribution is -2.40. The lowest BCUT2D eigenvalue weighted by Gasteiger charge is -2.35. The molecule has 0 N–H and O–H groups in total. The topological polar surface area (TPSA) is 56.5 Å². The van der Waals surface area contributed by atoms with Gasteiger partial charge in [-0.25, -0.2) is 0 Å². The highest BCUT2D eigenvalue weighted by Crippen LogP contribution is 2.36. The third-order valence-corrected chi connectivity index (χ3v) is 9.03. The summed E-state index contributed by atoms with van der Waals surface area (Å²) < 4.78 is 11.5. The van der Waals surface area contributed by atoms with Crippen LogP contribution < -0.4 is 5.43 Å². The fourth-order valence-electron chi connectivity index (χ4n) is 1.90. The van der Waals surface area contributed by atoms with Crippen LogP contribution in [0.3, 0.4) is 0 Å². The molecule has 0 aliphatic rings. The van der Waals surface area contributed by atoms with Crippen LogP contribution in [-0.2, 0) is 11.0 Å². The molecule has 24 heavy (non-hydrogen) atoms. The van der Waals surface area contributed by atoms with Crippen molar-refractivity contribution in [2.24, 2.45) is 0 Å². The van der Waals surface area contributed by atoms with Crippen molar-refractivity contribution >= 4 is 14.1 Å². The average Bonchev–Trinajstić information content (AvgIpc) is 2.52. The molecule has 1 aromatic heterocycles. The first-order valence-corrected chi connectivity index (χ1v) is 10.9. The zero-order chi connectivity index (χ0) is 18.0. The van der Waals surface area contributed by atoms with E-state index in [1.54, 1.807) is 24.3 Å². The molecule has 2 rings (SSSR count). The van der Waals surface area contributed by atoms with Gasteiger partial charge >= 0.3 is 0 Å².